The van der Waals surface area contributed by atoms with Gasteiger partial charge in [0.25, 0.3) is 0 Å². The van der Waals surface area contributed by atoms with E-state index < -0.39 is 46.5 Å². The molecule has 0 aliphatic heterocycles. The van der Waals surface area contributed by atoms with Crippen LogP contribution in [0, 0.1) is 46.5 Å². The average Bonchev–Trinajstić information content (AvgIpc) is 3.72. The number of rotatable bonds is 4. The standard InChI is InChI=1S/C54H24F8/c55-29-13-25(14-30(56)21-29)45-37-5-1-2-6-38(37)46(26-15-31(57)22-32(58)16-26)52-42-11-12-44-50-43(10-9-41(49(42)50)51(45)52)53-47(27-17-33(59)23-34(60)18-27)39-7-3-4-8-40(39)48(54(44)53)28-19-35(61)24-36(62)20-28/h1-24H. The van der Waals surface area contributed by atoms with Crippen molar-refractivity contribution in [2.45, 2.75) is 0 Å². The summed E-state index contributed by atoms with van der Waals surface area (Å²) >= 11 is 0. The van der Waals surface area contributed by atoms with Crippen LogP contribution < -0.4 is 0 Å². The summed E-state index contributed by atoms with van der Waals surface area (Å²) in [6.07, 6.45) is 0. The van der Waals surface area contributed by atoms with Crippen molar-refractivity contribution in [3.8, 4) is 89.0 Å². The smallest absolute Gasteiger partial charge is 0.126 e. The highest BCUT2D eigenvalue weighted by molar-refractivity contribution is 6.35. The fraction of sp³-hybridized carbons (Fsp3) is 0. The molecule has 10 aromatic rings. The molecule has 62 heavy (non-hydrogen) atoms. The van der Waals surface area contributed by atoms with Crippen molar-refractivity contribution in [3.05, 3.63) is 192 Å². The van der Waals surface area contributed by atoms with Gasteiger partial charge in [0.2, 0.25) is 0 Å². The summed E-state index contributed by atoms with van der Waals surface area (Å²) in [5.74, 6) is -6.37. The summed E-state index contributed by atoms with van der Waals surface area (Å²) < 4.78 is 122. The lowest BCUT2D eigenvalue weighted by Gasteiger charge is -2.21. The first-order chi connectivity index (χ1) is 30.0. The Hall–Kier alpha value is -7.58. The quantitative estimate of drug-likeness (QED) is 0.155. The highest BCUT2D eigenvalue weighted by Crippen LogP contribution is 2.64. The molecule has 0 nitrogen and oxygen atoms in total. The monoisotopic (exact) mass is 824 g/mol. The Balaban J connectivity index is 1.28. The van der Waals surface area contributed by atoms with Crippen molar-refractivity contribution in [1.29, 1.82) is 0 Å². The molecule has 8 heteroatoms. The van der Waals surface area contributed by atoms with E-state index in [9.17, 15) is 0 Å². The minimum atomic E-state index is -0.796. The van der Waals surface area contributed by atoms with Crippen LogP contribution in [0.25, 0.3) is 121 Å². The van der Waals surface area contributed by atoms with E-state index >= 15 is 35.1 Å². The first-order valence-corrected chi connectivity index (χ1v) is 19.7. The number of halogens is 8. The van der Waals surface area contributed by atoms with Crippen LogP contribution >= 0.6 is 0 Å². The Morgan fingerprint density at radius 1 is 0.210 bits per heavy atom. The lowest BCUT2D eigenvalue weighted by Crippen LogP contribution is -1.96. The lowest BCUT2D eigenvalue weighted by atomic mass is 9.81. The molecule has 10 aromatic carbocycles. The van der Waals surface area contributed by atoms with Gasteiger partial charge in [-0.3, -0.25) is 0 Å². The van der Waals surface area contributed by atoms with E-state index in [1.54, 1.807) is 48.5 Å². The van der Waals surface area contributed by atoms with E-state index in [1.807, 2.05) is 24.3 Å². The highest BCUT2D eigenvalue weighted by atomic mass is 19.2. The molecule has 0 heterocycles. The molecule has 0 saturated carbocycles. The largest absolute Gasteiger partial charge is 0.207 e. The van der Waals surface area contributed by atoms with Crippen LogP contribution in [0.4, 0.5) is 35.1 Å². The predicted octanol–water partition coefficient (Wildman–Crippen LogP) is 16.2. The van der Waals surface area contributed by atoms with E-state index in [1.165, 1.54) is 48.5 Å². The minimum absolute atomic E-state index is 0.243. The Kier molecular flexibility index (Phi) is 7.59. The summed E-state index contributed by atoms with van der Waals surface area (Å²) in [4.78, 5) is 0. The van der Waals surface area contributed by atoms with E-state index in [0.717, 1.165) is 24.3 Å². The van der Waals surface area contributed by atoms with Gasteiger partial charge in [-0.25, -0.2) is 35.1 Å². The van der Waals surface area contributed by atoms with Gasteiger partial charge >= 0.3 is 0 Å². The van der Waals surface area contributed by atoms with Crippen molar-refractivity contribution < 1.29 is 35.1 Å². The minimum Gasteiger partial charge on any atom is -0.207 e. The van der Waals surface area contributed by atoms with Gasteiger partial charge < -0.3 is 0 Å². The zero-order chi connectivity index (χ0) is 42.3. The van der Waals surface area contributed by atoms with Gasteiger partial charge in [-0.05, 0) is 170 Å². The molecular weight excluding hydrogens is 801 g/mol. The summed E-state index contributed by atoms with van der Waals surface area (Å²) in [6, 6.07) is 35.0. The highest BCUT2D eigenvalue weighted by Gasteiger charge is 2.37. The normalized spacial score (nSPS) is 12.2. The third-order valence-electron chi connectivity index (χ3n) is 12.3. The van der Waals surface area contributed by atoms with Crippen molar-refractivity contribution >= 4 is 32.3 Å². The first-order valence-electron chi connectivity index (χ1n) is 19.7. The molecule has 0 N–H and O–H groups in total. The van der Waals surface area contributed by atoms with Gasteiger partial charge in [0.1, 0.15) is 46.5 Å². The fourth-order valence-electron chi connectivity index (χ4n) is 10.3. The zero-order valence-corrected chi connectivity index (χ0v) is 31.9. The SMILES string of the molecule is Fc1cc(F)cc(-c2c3c(c(-c4cc(F)cc(F)c4)c4ccccc24)-c2ccc4c5c(ccc-3c25)-c2c-4c(-c3cc(F)cc(F)c3)c3ccccc3c2-c2cc(F)cc(F)c2)c1. The molecule has 0 saturated heterocycles. The molecule has 0 amide bonds. The van der Waals surface area contributed by atoms with Gasteiger partial charge in [0.15, 0.2) is 0 Å². The molecule has 12 rings (SSSR count). The molecule has 0 spiro atoms. The molecule has 0 unspecified atom stereocenters. The van der Waals surface area contributed by atoms with Crippen molar-refractivity contribution in [2.24, 2.45) is 0 Å². The molecule has 0 fully saturated rings. The van der Waals surface area contributed by atoms with E-state index in [0.29, 0.717) is 99.1 Å². The van der Waals surface area contributed by atoms with Gasteiger partial charge in [0, 0.05) is 24.3 Å². The first kappa shape index (κ1) is 36.3. The molecular formula is C54H24F8. The van der Waals surface area contributed by atoms with Crippen LogP contribution in [0.1, 0.15) is 0 Å². The molecule has 2 aliphatic rings. The number of hydrogen-bond acceptors (Lipinski definition) is 0. The van der Waals surface area contributed by atoms with Crippen LogP contribution in [0.2, 0.25) is 0 Å². The van der Waals surface area contributed by atoms with E-state index in [2.05, 4.69) is 0 Å². The second-order valence-corrected chi connectivity index (χ2v) is 15.8. The third-order valence-corrected chi connectivity index (χ3v) is 12.3. The zero-order valence-electron chi connectivity index (χ0n) is 31.9. The van der Waals surface area contributed by atoms with Crippen molar-refractivity contribution in [2.75, 3.05) is 0 Å². The molecule has 0 aromatic heterocycles. The Labute approximate surface area is 347 Å². The van der Waals surface area contributed by atoms with Crippen LogP contribution in [0.15, 0.2) is 146 Å². The second-order valence-electron chi connectivity index (χ2n) is 15.8. The van der Waals surface area contributed by atoms with Gasteiger partial charge in [-0.2, -0.15) is 0 Å². The number of benzene rings is 10. The summed E-state index contributed by atoms with van der Waals surface area (Å²) in [5, 5.41) is 3.73. The molecule has 296 valence electrons. The maximum atomic E-state index is 15.2. The predicted molar refractivity (Wildman–Crippen MR) is 229 cm³/mol. The number of hydrogen-bond donors (Lipinski definition) is 0. The lowest BCUT2D eigenvalue weighted by molar-refractivity contribution is 0.583. The van der Waals surface area contributed by atoms with Crippen molar-refractivity contribution in [1.82, 2.24) is 0 Å². The summed E-state index contributed by atoms with van der Waals surface area (Å²) in [5.41, 5.74) is 7.91. The second kappa shape index (κ2) is 13.0. The maximum absolute atomic E-state index is 15.2. The Bertz CT molecular complexity index is 3120. The maximum Gasteiger partial charge on any atom is 0.126 e. The Morgan fingerprint density at radius 2 is 0.403 bits per heavy atom. The molecule has 0 radical (unpaired) electrons. The van der Waals surface area contributed by atoms with Crippen LogP contribution in [0.5, 0.6) is 0 Å². The summed E-state index contributed by atoms with van der Waals surface area (Å²) in [7, 11) is 0. The number of fused-ring (bicyclic) bond motifs is 8. The average molecular weight is 825 g/mol. The molecule has 0 atom stereocenters. The summed E-state index contributed by atoms with van der Waals surface area (Å²) in [6.45, 7) is 0. The van der Waals surface area contributed by atoms with Gasteiger partial charge in [-0.15, -0.1) is 0 Å². The van der Waals surface area contributed by atoms with Gasteiger partial charge in [0.05, 0.1) is 0 Å². The third kappa shape index (κ3) is 5.13. The van der Waals surface area contributed by atoms with Crippen LogP contribution in [-0.4, -0.2) is 0 Å². The van der Waals surface area contributed by atoms with Crippen molar-refractivity contribution in [3.63, 3.8) is 0 Å². The fourth-order valence-corrected chi connectivity index (χ4v) is 10.3. The van der Waals surface area contributed by atoms with E-state index in [4.69, 9.17) is 0 Å². The topological polar surface area (TPSA) is 0 Å². The van der Waals surface area contributed by atoms with Gasteiger partial charge in [-0.1, -0.05) is 72.8 Å². The molecule has 2 aliphatic carbocycles. The van der Waals surface area contributed by atoms with E-state index in [-0.39, 0.29) is 22.3 Å². The Morgan fingerprint density at radius 3 is 0.597 bits per heavy atom. The van der Waals surface area contributed by atoms with Crippen LogP contribution in [-0.2, 0) is 0 Å². The molecule has 0 bridgehead atoms. The van der Waals surface area contributed by atoms with Crippen LogP contribution in [0.3, 0.4) is 0 Å².